The van der Waals surface area contributed by atoms with E-state index in [1.807, 2.05) is 0 Å². The number of hydrogen-bond donors (Lipinski definition) is 0. The summed E-state index contributed by atoms with van der Waals surface area (Å²) in [5, 5.41) is 3.80. The number of rotatable bonds is 3. The van der Waals surface area contributed by atoms with Crippen LogP contribution in [0.2, 0.25) is 0 Å². The average Bonchev–Trinajstić information content (AvgIpc) is 3.49. The van der Waals surface area contributed by atoms with Crippen molar-refractivity contribution in [1.82, 2.24) is 9.13 Å². The Balaban J connectivity index is 1.47. The van der Waals surface area contributed by atoms with E-state index in [1.54, 1.807) is 0 Å². The SMILES string of the molecule is Cc1ccc(-c2ccc(-n3ccc4ccc5c(c6ccccc6n5-c5ccccc5)c43)cc2)cc1. The molecule has 0 amide bonds. The van der Waals surface area contributed by atoms with Gasteiger partial charge < -0.3 is 9.13 Å². The summed E-state index contributed by atoms with van der Waals surface area (Å²) in [6.07, 6.45) is 2.19. The minimum Gasteiger partial charge on any atom is -0.316 e. The quantitative estimate of drug-likeness (QED) is 0.256. The Bertz CT molecular complexity index is 1820. The van der Waals surface area contributed by atoms with E-state index in [-0.39, 0.29) is 0 Å². The van der Waals surface area contributed by atoms with E-state index in [9.17, 15) is 0 Å². The van der Waals surface area contributed by atoms with Crippen LogP contribution in [0.15, 0.2) is 128 Å². The summed E-state index contributed by atoms with van der Waals surface area (Å²) in [6, 6.07) is 43.7. The van der Waals surface area contributed by atoms with Gasteiger partial charge in [0, 0.05) is 33.7 Å². The van der Waals surface area contributed by atoms with Gasteiger partial charge in [-0.3, -0.25) is 0 Å². The van der Waals surface area contributed by atoms with E-state index in [2.05, 4.69) is 144 Å². The molecule has 0 bridgehead atoms. The van der Waals surface area contributed by atoms with Gasteiger partial charge in [0.2, 0.25) is 0 Å². The highest BCUT2D eigenvalue weighted by Gasteiger charge is 2.17. The second kappa shape index (κ2) is 7.75. The van der Waals surface area contributed by atoms with E-state index in [0.717, 1.165) is 0 Å². The molecule has 7 aromatic rings. The van der Waals surface area contributed by atoms with E-state index in [4.69, 9.17) is 0 Å². The lowest BCUT2D eigenvalue weighted by atomic mass is 10.0. The smallest absolute Gasteiger partial charge is 0.0628 e. The second-order valence-corrected chi connectivity index (χ2v) is 9.18. The fraction of sp³-hybridized carbons (Fsp3) is 0.0303. The number of aryl methyl sites for hydroxylation is 1. The molecule has 0 unspecified atom stereocenters. The summed E-state index contributed by atoms with van der Waals surface area (Å²) >= 11 is 0. The van der Waals surface area contributed by atoms with Gasteiger partial charge in [-0.1, -0.05) is 84.4 Å². The average molecular weight is 449 g/mol. The maximum Gasteiger partial charge on any atom is 0.0628 e. The summed E-state index contributed by atoms with van der Waals surface area (Å²) in [6.45, 7) is 2.12. The van der Waals surface area contributed by atoms with E-state index >= 15 is 0 Å². The molecule has 5 aromatic carbocycles. The minimum absolute atomic E-state index is 1.17. The lowest BCUT2D eigenvalue weighted by Crippen LogP contribution is -1.94. The normalized spacial score (nSPS) is 11.6. The molecular weight excluding hydrogens is 424 g/mol. The highest BCUT2D eigenvalue weighted by atomic mass is 15.0. The van der Waals surface area contributed by atoms with Crippen molar-refractivity contribution in [3.63, 3.8) is 0 Å². The van der Waals surface area contributed by atoms with Crippen molar-refractivity contribution < 1.29 is 0 Å². The third-order valence-electron chi connectivity index (χ3n) is 7.03. The Morgan fingerprint density at radius 3 is 1.97 bits per heavy atom. The van der Waals surface area contributed by atoms with E-state index in [1.165, 1.54) is 60.8 Å². The molecule has 0 atom stereocenters. The zero-order valence-electron chi connectivity index (χ0n) is 19.5. The summed E-state index contributed by atoms with van der Waals surface area (Å²) < 4.78 is 4.71. The number of fused-ring (bicyclic) bond motifs is 5. The van der Waals surface area contributed by atoms with Crippen molar-refractivity contribution in [2.24, 2.45) is 0 Å². The van der Waals surface area contributed by atoms with Crippen LogP contribution in [-0.4, -0.2) is 9.13 Å². The summed E-state index contributed by atoms with van der Waals surface area (Å²) in [5.41, 5.74) is 9.80. The van der Waals surface area contributed by atoms with Crippen molar-refractivity contribution in [2.75, 3.05) is 0 Å². The highest BCUT2D eigenvalue weighted by Crippen LogP contribution is 2.38. The van der Waals surface area contributed by atoms with Gasteiger partial charge in [0.05, 0.1) is 16.6 Å². The van der Waals surface area contributed by atoms with Gasteiger partial charge in [-0.15, -0.1) is 0 Å². The zero-order valence-corrected chi connectivity index (χ0v) is 19.5. The Morgan fingerprint density at radius 1 is 0.514 bits per heavy atom. The van der Waals surface area contributed by atoms with Crippen LogP contribution in [-0.2, 0) is 0 Å². The van der Waals surface area contributed by atoms with Crippen molar-refractivity contribution in [1.29, 1.82) is 0 Å². The molecule has 166 valence electrons. The summed E-state index contributed by atoms with van der Waals surface area (Å²) in [5.74, 6) is 0. The third kappa shape index (κ3) is 3.11. The molecule has 0 saturated heterocycles. The molecule has 0 fully saturated rings. The van der Waals surface area contributed by atoms with Crippen LogP contribution < -0.4 is 0 Å². The van der Waals surface area contributed by atoms with Crippen LogP contribution >= 0.6 is 0 Å². The van der Waals surface area contributed by atoms with Gasteiger partial charge in [-0.25, -0.2) is 0 Å². The zero-order chi connectivity index (χ0) is 23.4. The van der Waals surface area contributed by atoms with Crippen molar-refractivity contribution >= 4 is 32.7 Å². The van der Waals surface area contributed by atoms with Gasteiger partial charge in [0.15, 0.2) is 0 Å². The first-order valence-corrected chi connectivity index (χ1v) is 12.0. The number of benzene rings is 5. The first-order chi connectivity index (χ1) is 17.3. The molecule has 2 heteroatoms. The van der Waals surface area contributed by atoms with Crippen LogP contribution in [0.4, 0.5) is 0 Å². The minimum atomic E-state index is 1.17. The van der Waals surface area contributed by atoms with Crippen LogP contribution in [0.25, 0.3) is 55.2 Å². The van der Waals surface area contributed by atoms with Crippen molar-refractivity contribution in [3.05, 3.63) is 133 Å². The van der Waals surface area contributed by atoms with Gasteiger partial charge in [-0.05, 0) is 60.5 Å². The molecule has 2 aromatic heterocycles. The molecule has 2 nitrogen and oxygen atoms in total. The second-order valence-electron chi connectivity index (χ2n) is 9.18. The largest absolute Gasteiger partial charge is 0.316 e. The Morgan fingerprint density at radius 2 is 1.20 bits per heavy atom. The lowest BCUT2D eigenvalue weighted by Gasteiger charge is -2.10. The monoisotopic (exact) mass is 448 g/mol. The predicted molar refractivity (Wildman–Crippen MR) is 148 cm³/mol. The third-order valence-corrected chi connectivity index (χ3v) is 7.03. The first-order valence-electron chi connectivity index (χ1n) is 12.0. The van der Waals surface area contributed by atoms with Crippen LogP contribution in [0.3, 0.4) is 0 Å². The summed E-state index contributed by atoms with van der Waals surface area (Å²) in [4.78, 5) is 0. The Hall–Kier alpha value is -4.56. The molecule has 2 heterocycles. The number of aromatic nitrogens is 2. The van der Waals surface area contributed by atoms with Crippen LogP contribution in [0.5, 0.6) is 0 Å². The fourth-order valence-corrected chi connectivity index (χ4v) is 5.31. The molecule has 0 saturated carbocycles. The lowest BCUT2D eigenvalue weighted by molar-refractivity contribution is 1.13. The number of hydrogen-bond acceptors (Lipinski definition) is 0. The Labute approximate surface area is 204 Å². The van der Waals surface area contributed by atoms with Crippen molar-refractivity contribution in [2.45, 2.75) is 6.92 Å². The number of para-hydroxylation sites is 2. The van der Waals surface area contributed by atoms with Gasteiger partial charge in [0.1, 0.15) is 0 Å². The molecular formula is C33H24N2. The first kappa shape index (κ1) is 19.9. The topological polar surface area (TPSA) is 9.86 Å². The van der Waals surface area contributed by atoms with Gasteiger partial charge in [-0.2, -0.15) is 0 Å². The molecule has 0 N–H and O–H groups in total. The Kier molecular flexibility index (Phi) is 4.40. The highest BCUT2D eigenvalue weighted by molar-refractivity contribution is 6.20. The van der Waals surface area contributed by atoms with Gasteiger partial charge >= 0.3 is 0 Å². The van der Waals surface area contributed by atoms with Crippen LogP contribution in [0.1, 0.15) is 5.56 Å². The molecule has 0 spiro atoms. The summed E-state index contributed by atoms with van der Waals surface area (Å²) in [7, 11) is 0. The standard InChI is InChI=1S/C33H24N2/c1-23-11-13-24(14-12-23)25-15-18-27(19-16-25)34-22-21-26-17-20-31-32(33(26)34)29-9-5-6-10-30(29)35(31)28-7-3-2-4-8-28/h2-22H,1H3. The molecule has 0 aliphatic rings. The maximum absolute atomic E-state index is 2.38. The molecule has 0 aliphatic heterocycles. The van der Waals surface area contributed by atoms with Crippen LogP contribution in [0, 0.1) is 6.92 Å². The fourth-order valence-electron chi connectivity index (χ4n) is 5.31. The number of nitrogens with zero attached hydrogens (tertiary/aromatic N) is 2. The predicted octanol–water partition coefficient (Wildman–Crippen LogP) is 8.70. The van der Waals surface area contributed by atoms with E-state index < -0.39 is 0 Å². The van der Waals surface area contributed by atoms with Crippen molar-refractivity contribution in [3.8, 4) is 22.5 Å². The molecule has 0 radical (unpaired) electrons. The molecule has 7 rings (SSSR count). The molecule has 0 aliphatic carbocycles. The van der Waals surface area contributed by atoms with E-state index in [0.29, 0.717) is 0 Å². The maximum atomic E-state index is 2.38. The molecule has 35 heavy (non-hydrogen) atoms. The van der Waals surface area contributed by atoms with Gasteiger partial charge in [0.25, 0.3) is 0 Å².